The van der Waals surface area contributed by atoms with Crippen molar-refractivity contribution in [3.8, 4) is 0 Å². The summed E-state index contributed by atoms with van der Waals surface area (Å²) in [6.07, 6.45) is 4.30. The van der Waals surface area contributed by atoms with Crippen LogP contribution in [0.3, 0.4) is 0 Å². The molecule has 2 aliphatic carbocycles. The molecule has 0 bridgehead atoms. The van der Waals surface area contributed by atoms with Crippen LogP contribution in [0.5, 0.6) is 0 Å². The number of hydrogen-bond donors (Lipinski definition) is 2. The van der Waals surface area contributed by atoms with Crippen molar-refractivity contribution in [2.75, 3.05) is 6.61 Å². The standard InChI is InChI=1S/C15H24O3/c1-14(2)11-5-4-10-13(9(16)8-18-10)15(11,3)7-6-12(14)17/h4,9,11-13,16-17H,5-8H2,1-3H3. The third-order valence-corrected chi connectivity index (χ3v) is 5.89. The molecule has 1 aliphatic heterocycles. The summed E-state index contributed by atoms with van der Waals surface area (Å²) in [4.78, 5) is 0. The van der Waals surface area contributed by atoms with Gasteiger partial charge in [0.05, 0.1) is 23.9 Å². The smallest absolute Gasteiger partial charge is 0.114 e. The zero-order valence-electron chi connectivity index (χ0n) is 11.5. The van der Waals surface area contributed by atoms with E-state index >= 15 is 0 Å². The molecule has 1 saturated carbocycles. The van der Waals surface area contributed by atoms with Gasteiger partial charge in [-0.15, -0.1) is 0 Å². The monoisotopic (exact) mass is 252 g/mol. The molecule has 0 amide bonds. The van der Waals surface area contributed by atoms with Crippen LogP contribution in [0.15, 0.2) is 11.8 Å². The van der Waals surface area contributed by atoms with Gasteiger partial charge in [0.15, 0.2) is 0 Å². The number of aliphatic hydroxyl groups excluding tert-OH is 2. The fourth-order valence-electron chi connectivity index (χ4n) is 4.76. The molecule has 5 atom stereocenters. The number of aliphatic hydroxyl groups is 2. The summed E-state index contributed by atoms with van der Waals surface area (Å²) in [5.41, 5.74) is -0.0277. The predicted octanol–water partition coefficient (Wildman–Crippen LogP) is 2.08. The second-order valence-electron chi connectivity index (χ2n) is 7.13. The Bertz CT molecular complexity index is 387. The number of rotatable bonds is 0. The third-order valence-electron chi connectivity index (χ3n) is 5.89. The Kier molecular flexibility index (Phi) is 2.59. The van der Waals surface area contributed by atoms with Crippen molar-refractivity contribution < 1.29 is 14.9 Å². The second kappa shape index (κ2) is 3.73. The molecule has 5 unspecified atom stereocenters. The van der Waals surface area contributed by atoms with Crippen molar-refractivity contribution in [3.63, 3.8) is 0 Å². The number of allylic oxidation sites excluding steroid dienone is 1. The van der Waals surface area contributed by atoms with Crippen molar-refractivity contribution in [2.45, 2.75) is 52.2 Å². The Balaban J connectivity index is 2.03. The quantitative estimate of drug-likeness (QED) is 0.694. The minimum Gasteiger partial charge on any atom is -0.495 e. The van der Waals surface area contributed by atoms with Crippen molar-refractivity contribution >= 4 is 0 Å². The molecule has 3 rings (SSSR count). The molecular weight excluding hydrogens is 228 g/mol. The topological polar surface area (TPSA) is 49.7 Å². The molecule has 1 saturated heterocycles. The maximum atomic E-state index is 10.3. The lowest BCUT2D eigenvalue weighted by Crippen LogP contribution is -2.55. The number of hydrogen-bond acceptors (Lipinski definition) is 3. The van der Waals surface area contributed by atoms with Crippen LogP contribution in [0.1, 0.15) is 40.0 Å². The molecule has 0 aromatic rings. The van der Waals surface area contributed by atoms with E-state index in [9.17, 15) is 10.2 Å². The first kappa shape index (κ1) is 12.5. The Morgan fingerprint density at radius 2 is 2.00 bits per heavy atom. The van der Waals surface area contributed by atoms with Gasteiger partial charge in [0, 0.05) is 0 Å². The number of fused-ring (bicyclic) bond motifs is 3. The summed E-state index contributed by atoms with van der Waals surface area (Å²) in [6.45, 7) is 7.05. The minimum atomic E-state index is -0.380. The van der Waals surface area contributed by atoms with Gasteiger partial charge >= 0.3 is 0 Å². The van der Waals surface area contributed by atoms with Gasteiger partial charge in [-0.3, -0.25) is 0 Å². The van der Waals surface area contributed by atoms with Gasteiger partial charge < -0.3 is 14.9 Å². The van der Waals surface area contributed by atoms with Crippen molar-refractivity contribution in [3.05, 3.63) is 11.8 Å². The van der Waals surface area contributed by atoms with Gasteiger partial charge in [0.2, 0.25) is 0 Å². The van der Waals surface area contributed by atoms with E-state index in [1.807, 2.05) is 0 Å². The second-order valence-corrected chi connectivity index (χ2v) is 7.13. The van der Waals surface area contributed by atoms with Crippen molar-refractivity contribution in [2.24, 2.45) is 22.7 Å². The molecule has 3 aliphatic rings. The summed E-state index contributed by atoms with van der Waals surface area (Å²) >= 11 is 0. The molecule has 0 spiro atoms. The van der Waals surface area contributed by atoms with Crippen molar-refractivity contribution in [1.29, 1.82) is 0 Å². The van der Waals surface area contributed by atoms with Crippen molar-refractivity contribution in [1.82, 2.24) is 0 Å². The highest BCUT2D eigenvalue weighted by Gasteiger charge is 2.59. The van der Waals surface area contributed by atoms with Crippen LogP contribution in [0.2, 0.25) is 0 Å². The van der Waals surface area contributed by atoms with Crippen LogP contribution in [0.4, 0.5) is 0 Å². The van der Waals surface area contributed by atoms with Gasteiger partial charge in [-0.05, 0) is 42.1 Å². The molecule has 0 aromatic carbocycles. The molecule has 2 fully saturated rings. The fraction of sp³-hybridized carbons (Fsp3) is 0.867. The Morgan fingerprint density at radius 3 is 2.72 bits per heavy atom. The third kappa shape index (κ3) is 1.44. The molecule has 2 N–H and O–H groups in total. The van der Waals surface area contributed by atoms with Gasteiger partial charge in [-0.25, -0.2) is 0 Å². The first-order valence-electron chi connectivity index (χ1n) is 7.06. The van der Waals surface area contributed by atoms with E-state index in [-0.39, 0.29) is 29.0 Å². The van der Waals surface area contributed by atoms with Gasteiger partial charge in [-0.2, -0.15) is 0 Å². The Hall–Kier alpha value is -0.540. The molecule has 0 radical (unpaired) electrons. The van der Waals surface area contributed by atoms with E-state index in [4.69, 9.17) is 4.74 Å². The van der Waals surface area contributed by atoms with E-state index in [1.165, 1.54) is 0 Å². The molecular formula is C15H24O3. The molecule has 102 valence electrons. The summed E-state index contributed by atoms with van der Waals surface area (Å²) in [5, 5.41) is 20.5. The van der Waals surface area contributed by atoms with Crippen LogP contribution in [0.25, 0.3) is 0 Å². The van der Waals surface area contributed by atoms with Crippen LogP contribution in [-0.4, -0.2) is 29.0 Å². The lowest BCUT2D eigenvalue weighted by Gasteiger charge is -2.57. The highest BCUT2D eigenvalue weighted by molar-refractivity contribution is 5.20. The Labute approximate surface area is 109 Å². The molecule has 3 heteroatoms. The maximum absolute atomic E-state index is 10.3. The lowest BCUT2D eigenvalue weighted by molar-refractivity contribution is -0.127. The molecule has 18 heavy (non-hydrogen) atoms. The van der Waals surface area contributed by atoms with E-state index in [2.05, 4.69) is 26.8 Å². The summed E-state index contributed by atoms with van der Waals surface area (Å²) in [7, 11) is 0. The van der Waals surface area contributed by atoms with Crippen LogP contribution in [-0.2, 0) is 4.74 Å². The average Bonchev–Trinajstić information content (AvgIpc) is 2.68. The summed E-state index contributed by atoms with van der Waals surface area (Å²) < 4.78 is 5.63. The molecule has 0 aromatic heterocycles. The van der Waals surface area contributed by atoms with E-state index < -0.39 is 0 Å². The van der Waals surface area contributed by atoms with Crippen LogP contribution in [0, 0.1) is 22.7 Å². The van der Waals surface area contributed by atoms with Gasteiger partial charge in [-0.1, -0.05) is 20.8 Å². The maximum Gasteiger partial charge on any atom is 0.114 e. The first-order valence-corrected chi connectivity index (χ1v) is 7.06. The zero-order chi connectivity index (χ0) is 13.1. The minimum absolute atomic E-state index is 0.0583. The lowest BCUT2D eigenvalue weighted by atomic mass is 9.48. The number of ether oxygens (including phenoxy) is 1. The van der Waals surface area contributed by atoms with Crippen LogP contribution < -0.4 is 0 Å². The van der Waals surface area contributed by atoms with Crippen LogP contribution >= 0.6 is 0 Å². The van der Waals surface area contributed by atoms with Gasteiger partial charge in [0.1, 0.15) is 6.61 Å². The first-order chi connectivity index (χ1) is 8.37. The molecule has 1 heterocycles. The van der Waals surface area contributed by atoms with E-state index in [0.717, 1.165) is 25.0 Å². The summed E-state index contributed by atoms with van der Waals surface area (Å²) in [6, 6.07) is 0. The normalized spacial score (nSPS) is 49.9. The van der Waals surface area contributed by atoms with E-state index in [0.29, 0.717) is 12.5 Å². The Morgan fingerprint density at radius 1 is 1.28 bits per heavy atom. The highest BCUT2D eigenvalue weighted by Crippen LogP contribution is 2.61. The largest absolute Gasteiger partial charge is 0.495 e. The summed E-state index contributed by atoms with van der Waals surface area (Å²) in [5.74, 6) is 1.54. The predicted molar refractivity (Wildman–Crippen MR) is 68.8 cm³/mol. The fourth-order valence-corrected chi connectivity index (χ4v) is 4.76. The van der Waals surface area contributed by atoms with Gasteiger partial charge in [0.25, 0.3) is 0 Å². The highest BCUT2D eigenvalue weighted by atomic mass is 16.5. The average molecular weight is 252 g/mol. The molecule has 3 nitrogen and oxygen atoms in total. The zero-order valence-corrected chi connectivity index (χ0v) is 11.5. The van der Waals surface area contributed by atoms with E-state index in [1.54, 1.807) is 0 Å². The SMILES string of the molecule is CC1(C)C(O)CCC2(C)C3C(=CCC12)OCC3O.